The highest BCUT2D eigenvalue weighted by Gasteiger charge is 2.53. The lowest BCUT2D eigenvalue weighted by atomic mass is 9.93. The van der Waals surface area contributed by atoms with E-state index in [1.54, 1.807) is 0 Å². The molecule has 2 aromatic rings. The Kier molecular flexibility index (Phi) is 3.78. The summed E-state index contributed by atoms with van der Waals surface area (Å²) in [4.78, 5) is 17.7. The molecule has 140 valence electrons. The van der Waals surface area contributed by atoms with Crippen molar-refractivity contribution < 1.29 is 14.3 Å². The maximum atomic E-state index is 13.3. The Labute approximate surface area is 159 Å². The highest BCUT2D eigenvalue weighted by molar-refractivity contribution is 5.91. The van der Waals surface area contributed by atoms with Gasteiger partial charge in [0.05, 0.1) is 5.41 Å². The van der Waals surface area contributed by atoms with Crippen LogP contribution in [0.1, 0.15) is 24.0 Å². The van der Waals surface area contributed by atoms with E-state index in [1.165, 1.54) is 11.3 Å². The Morgan fingerprint density at radius 3 is 2.48 bits per heavy atom. The second-order valence-electron chi connectivity index (χ2n) is 7.77. The van der Waals surface area contributed by atoms with E-state index in [-0.39, 0.29) is 18.1 Å². The summed E-state index contributed by atoms with van der Waals surface area (Å²) in [6, 6.07) is 14.5. The first-order chi connectivity index (χ1) is 13.2. The number of piperazine rings is 1. The Balaban J connectivity index is 1.29. The van der Waals surface area contributed by atoms with Crippen molar-refractivity contribution in [3.05, 3.63) is 53.6 Å². The van der Waals surface area contributed by atoms with Crippen LogP contribution in [0.3, 0.4) is 0 Å². The van der Waals surface area contributed by atoms with Crippen molar-refractivity contribution in [2.24, 2.45) is 0 Å². The first-order valence-electron chi connectivity index (χ1n) is 9.67. The third-order valence-corrected chi connectivity index (χ3v) is 6.02. The zero-order valence-corrected chi connectivity index (χ0v) is 15.6. The quantitative estimate of drug-likeness (QED) is 0.839. The Hall–Kier alpha value is -2.69. The second-order valence-corrected chi connectivity index (χ2v) is 7.77. The van der Waals surface area contributed by atoms with Gasteiger partial charge in [-0.05, 0) is 55.2 Å². The molecule has 1 amide bonds. The fraction of sp³-hybridized carbons (Fsp3) is 0.409. The Bertz CT molecular complexity index is 883. The van der Waals surface area contributed by atoms with E-state index in [1.807, 2.05) is 23.1 Å². The molecule has 0 unspecified atom stereocenters. The third-order valence-electron chi connectivity index (χ3n) is 6.02. The van der Waals surface area contributed by atoms with Gasteiger partial charge in [-0.3, -0.25) is 4.79 Å². The first kappa shape index (κ1) is 16.5. The van der Waals surface area contributed by atoms with Gasteiger partial charge in [0.15, 0.2) is 11.5 Å². The van der Waals surface area contributed by atoms with Crippen LogP contribution in [0.4, 0.5) is 5.69 Å². The SMILES string of the molecule is Cc1cccc(N2CCN(C(=O)C3(c4ccc5c(c4)OCO5)CC3)CC2)c1. The van der Waals surface area contributed by atoms with Gasteiger partial charge in [-0.15, -0.1) is 0 Å². The minimum absolute atomic E-state index is 0.265. The number of rotatable bonds is 3. The predicted octanol–water partition coefficient (Wildman–Crippen LogP) is 3.10. The van der Waals surface area contributed by atoms with Crippen molar-refractivity contribution in [3.63, 3.8) is 0 Å². The van der Waals surface area contributed by atoms with Crippen LogP contribution >= 0.6 is 0 Å². The molecule has 2 fully saturated rings. The van der Waals surface area contributed by atoms with E-state index in [9.17, 15) is 4.79 Å². The summed E-state index contributed by atoms with van der Waals surface area (Å²) < 4.78 is 10.9. The molecule has 5 nitrogen and oxygen atoms in total. The van der Waals surface area contributed by atoms with E-state index in [0.717, 1.165) is 56.1 Å². The summed E-state index contributed by atoms with van der Waals surface area (Å²) in [6.45, 7) is 5.70. The number of anilines is 1. The molecule has 5 rings (SSSR count). The minimum Gasteiger partial charge on any atom is -0.454 e. The van der Waals surface area contributed by atoms with E-state index in [4.69, 9.17) is 9.47 Å². The lowest BCUT2D eigenvalue weighted by Crippen LogP contribution is -2.51. The van der Waals surface area contributed by atoms with Gasteiger partial charge in [0.25, 0.3) is 0 Å². The number of carbonyl (C=O) groups is 1. The molecule has 0 radical (unpaired) electrons. The van der Waals surface area contributed by atoms with Crippen molar-refractivity contribution in [1.82, 2.24) is 4.90 Å². The number of carbonyl (C=O) groups excluding carboxylic acids is 1. The Morgan fingerprint density at radius 1 is 0.963 bits per heavy atom. The molecule has 2 heterocycles. The van der Waals surface area contributed by atoms with Crippen LogP contribution < -0.4 is 14.4 Å². The number of fused-ring (bicyclic) bond motifs is 1. The molecule has 0 N–H and O–H groups in total. The number of amides is 1. The van der Waals surface area contributed by atoms with Crippen LogP contribution in [0.5, 0.6) is 11.5 Å². The number of hydrogen-bond acceptors (Lipinski definition) is 4. The summed E-state index contributed by atoms with van der Waals surface area (Å²) in [5.41, 5.74) is 3.23. The largest absolute Gasteiger partial charge is 0.454 e. The number of aryl methyl sites for hydroxylation is 1. The zero-order valence-electron chi connectivity index (χ0n) is 15.6. The standard InChI is InChI=1S/C22H24N2O3/c1-16-3-2-4-18(13-16)23-9-11-24(12-10-23)21(25)22(7-8-22)17-5-6-19-20(14-17)27-15-26-19/h2-6,13-14H,7-12,15H2,1H3. The smallest absolute Gasteiger partial charge is 0.233 e. The van der Waals surface area contributed by atoms with Crippen LogP contribution in [-0.2, 0) is 10.2 Å². The van der Waals surface area contributed by atoms with Crippen LogP contribution in [0.25, 0.3) is 0 Å². The van der Waals surface area contributed by atoms with Crippen molar-refractivity contribution >= 4 is 11.6 Å². The Morgan fingerprint density at radius 2 is 1.74 bits per heavy atom. The number of benzene rings is 2. The maximum absolute atomic E-state index is 13.3. The van der Waals surface area contributed by atoms with E-state index < -0.39 is 0 Å². The van der Waals surface area contributed by atoms with Gasteiger partial charge < -0.3 is 19.3 Å². The molecular weight excluding hydrogens is 340 g/mol. The molecule has 1 saturated carbocycles. The average molecular weight is 364 g/mol. The van der Waals surface area contributed by atoms with Crippen molar-refractivity contribution in [1.29, 1.82) is 0 Å². The monoisotopic (exact) mass is 364 g/mol. The van der Waals surface area contributed by atoms with Crippen LogP contribution in [0.2, 0.25) is 0 Å². The minimum atomic E-state index is -0.355. The van der Waals surface area contributed by atoms with Crippen molar-refractivity contribution in [2.75, 3.05) is 37.9 Å². The molecule has 3 aliphatic rings. The lowest BCUT2D eigenvalue weighted by molar-refractivity contribution is -0.134. The van der Waals surface area contributed by atoms with Gasteiger partial charge in [-0.2, -0.15) is 0 Å². The van der Waals surface area contributed by atoms with Gasteiger partial charge >= 0.3 is 0 Å². The number of hydrogen-bond donors (Lipinski definition) is 0. The molecule has 1 aliphatic carbocycles. The fourth-order valence-electron chi connectivity index (χ4n) is 4.24. The van der Waals surface area contributed by atoms with E-state index >= 15 is 0 Å². The van der Waals surface area contributed by atoms with E-state index in [2.05, 4.69) is 36.1 Å². The average Bonchev–Trinajstić information content (AvgIpc) is 3.38. The molecular formula is C22H24N2O3. The van der Waals surface area contributed by atoms with Gasteiger partial charge in [0.2, 0.25) is 12.7 Å². The molecule has 2 aromatic carbocycles. The summed E-state index contributed by atoms with van der Waals surface area (Å²) in [5.74, 6) is 1.80. The van der Waals surface area contributed by atoms with Gasteiger partial charge in [0.1, 0.15) is 0 Å². The summed E-state index contributed by atoms with van der Waals surface area (Å²) in [7, 11) is 0. The molecule has 2 aliphatic heterocycles. The summed E-state index contributed by atoms with van der Waals surface area (Å²) >= 11 is 0. The zero-order chi connectivity index (χ0) is 18.4. The van der Waals surface area contributed by atoms with Crippen molar-refractivity contribution in [2.45, 2.75) is 25.2 Å². The normalized spacial score (nSPS) is 19.9. The lowest BCUT2D eigenvalue weighted by Gasteiger charge is -2.38. The number of nitrogens with zero attached hydrogens (tertiary/aromatic N) is 2. The molecule has 5 heteroatoms. The maximum Gasteiger partial charge on any atom is 0.233 e. The molecule has 0 spiro atoms. The molecule has 1 saturated heterocycles. The van der Waals surface area contributed by atoms with Gasteiger partial charge in [0, 0.05) is 31.9 Å². The van der Waals surface area contributed by atoms with Gasteiger partial charge in [-0.1, -0.05) is 18.2 Å². The number of ether oxygens (including phenoxy) is 2. The topological polar surface area (TPSA) is 42.0 Å². The van der Waals surface area contributed by atoms with Crippen molar-refractivity contribution in [3.8, 4) is 11.5 Å². The summed E-state index contributed by atoms with van der Waals surface area (Å²) in [5, 5.41) is 0. The molecule has 27 heavy (non-hydrogen) atoms. The fourth-order valence-corrected chi connectivity index (χ4v) is 4.24. The summed E-state index contributed by atoms with van der Waals surface area (Å²) in [6.07, 6.45) is 1.84. The highest BCUT2D eigenvalue weighted by Crippen LogP contribution is 2.51. The predicted molar refractivity (Wildman–Crippen MR) is 103 cm³/mol. The van der Waals surface area contributed by atoms with Crippen LogP contribution in [-0.4, -0.2) is 43.8 Å². The van der Waals surface area contributed by atoms with Gasteiger partial charge in [-0.25, -0.2) is 0 Å². The third kappa shape index (κ3) is 2.82. The van der Waals surface area contributed by atoms with Crippen LogP contribution in [0.15, 0.2) is 42.5 Å². The molecule has 0 bridgehead atoms. The first-order valence-corrected chi connectivity index (χ1v) is 9.67. The second kappa shape index (κ2) is 6.19. The van der Waals surface area contributed by atoms with E-state index in [0.29, 0.717) is 0 Å². The highest BCUT2D eigenvalue weighted by atomic mass is 16.7. The molecule has 0 aromatic heterocycles. The molecule has 0 atom stereocenters. The van der Waals surface area contributed by atoms with Crippen LogP contribution in [0, 0.1) is 6.92 Å².